The molecule has 5 nitrogen and oxygen atoms in total. The molecule has 0 bridgehead atoms. The van der Waals surface area contributed by atoms with E-state index in [1.807, 2.05) is 0 Å². The molecule has 0 aromatic rings. The molecule has 1 rings (SSSR count). The minimum absolute atomic E-state index is 0.0270. The number of likely N-dealkylation sites (N-methyl/N-ethyl adjacent to an activating group) is 1. The number of likely N-dealkylation sites (tertiary alicyclic amines) is 1. The van der Waals surface area contributed by atoms with Crippen LogP contribution in [0.15, 0.2) is 0 Å². The van der Waals surface area contributed by atoms with Crippen LogP contribution in [-0.4, -0.2) is 61.8 Å². The van der Waals surface area contributed by atoms with Gasteiger partial charge in [0.25, 0.3) is 0 Å². The van der Waals surface area contributed by atoms with E-state index < -0.39 is 0 Å². The van der Waals surface area contributed by atoms with E-state index in [9.17, 15) is 9.90 Å². The highest BCUT2D eigenvalue weighted by atomic mass is 16.3. The number of hydrogen-bond acceptors (Lipinski definition) is 4. The minimum Gasteiger partial charge on any atom is -0.396 e. The van der Waals surface area contributed by atoms with Gasteiger partial charge in [0.1, 0.15) is 0 Å². The molecule has 0 aromatic heterocycles. The molecule has 3 N–H and O–H groups in total. The van der Waals surface area contributed by atoms with Crippen molar-refractivity contribution >= 4 is 5.91 Å². The van der Waals surface area contributed by atoms with Crippen molar-refractivity contribution < 1.29 is 9.90 Å². The van der Waals surface area contributed by atoms with Gasteiger partial charge in [0.15, 0.2) is 0 Å². The topological polar surface area (TPSA) is 64.6 Å². The first-order valence-electron chi connectivity index (χ1n) is 7.86. The van der Waals surface area contributed by atoms with E-state index in [1.165, 1.54) is 0 Å². The molecule has 5 heteroatoms. The molecule has 1 amide bonds. The van der Waals surface area contributed by atoms with Gasteiger partial charge in [-0.05, 0) is 25.7 Å². The van der Waals surface area contributed by atoms with Crippen LogP contribution in [0.4, 0.5) is 0 Å². The molecule has 1 saturated heterocycles. The normalized spacial score (nSPS) is 18.2. The molecule has 0 aromatic carbocycles. The molecule has 0 aliphatic carbocycles. The van der Waals surface area contributed by atoms with Crippen LogP contribution in [-0.2, 0) is 4.79 Å². The molecule has 20 heavy (non-hydrogen) atoms. The quantitative estimate of drug-likeness (QED) is 0.610. The van der Waals surface area contributed by atoms with E-state index in [4.69, 9.17) is 0 Å². The van der Waals surface area contributed by atoms with Crippen LogP contribution in [0.5, 0.6) is 0 Å². The highest BCUT2D eigenvalue weighted by molar-refractivity contribution is 5.77. The summed E-state index contributed by atoms with van der Waals surface area (Å²) in [6.45, 7) is 7.87. The van der Waals surface area contributed by atoms with E-state index in [0.717, 1.165) is 45.3 Å². The fourth-order valence-electron chi connectivity index (χ4n) is 2.72. The second-order valence-electron chi connectivity index (χ2n) is 5.97. The Kier molecular flexibility index (Phi) is 7.48. The molecule has 1 fully saturated rings. The molecule has 118 valence electrons. The Morgan fingerprint density at radius 3 is 2.35 bits per heavy atom. The number of carbonyl (C=O) groups is 1. The summed E-state index contributed by atoms with van der Waals surface area (Å²) < 4.78 is 0. The minimum atomic E-state index is 0.0270. The maximum atomic E-state index is 11.3. The van der Waals surface area contributed by atoms with Crippen molar-refractivity contribution in [3.63, 3.8) is 0 Å². The van der Waals surface area contributed by atoms with Crippen LogP contribution < -0.4 is 10.6 Å². The van der Waals surface area contributed by atoms with Crippen LogP contribution in [0.1, 0.15) is 39.5 Å². The maximum absolute atomic E-state index is 11.3. The average molecular weight is 285 g/mol. The lowest BCUT2D eigenvalue weighted by Crippen LogP contribution is -2.48. The number of aliphatic hydroxyl groups is 1. The summed E-state index contributed by atoms with van der Waals surface area (Å²) in [6.07, 6.45) is 4.16. The third-order valence-electron chi connectivity index (χ3n) is 4.83. The van der Waals surface area contributed by atoms with Crippen molar-refractivity contribution in [1.29, 1.82) is 0 Å². The van der Waals surface area contributed by atoms with Crippen molar-refractivity contribution in [1.82, 2.24) is 15.5 Å². The van der Waals surface area contributed by atoms with Gasteiger partial charge in [0.05, 0.1) is 6.54 Å². The van der Waals surface area contributed by atoms with E-state index in [0.29, 0.717) is 12.6 Å². The van der Waals surface area contributed by atoms with E-state index in [2.05, 4.69) is 29.4 Å². The summed E-state index contributed by atoms with van der Waals surface area (Å²) in [7, 11) is 1.68. The third kappa shape index (κ3) is 5.04. The molecule has 0 saturated carbocycles. The van der Waals surface area contributed by atoms with Crippen molar-refractivity contribution in [3.8, 4) is 0 Å². The molecule has 1 heterocycles. The zero-order valence-electron chi connectivity index (χ0n) is 13.2. The highest BCUT2D eigenvalue weighted by Crippen LogP contribution is 2.25. The number of amides is 1. The van der Waals surface area contributed by atoms with Gasteiger partial charge < -0.3 is 15.7 Å². The predicted molar refractivity (Wildman–Crippen MR) is 81.6 cm³/mol. The molecule has 1 aliphatic heterocycles. The fraction of sp³-hybridized carbons (Fsp3) is 0.933. The largest absolute Gasteiger partial charge is 0.396 e. The van der Waals surface area contributed by atoms with Gasteiger partial charge >= 0.3 is 0 Å². The molecule has 1 aliphatic rings. The molecular formula is C15H31N3O2. The number of nitrogens with zero attached hydrogens (tertiary/aromatic N) is 1. The Hall–Kier alpha value is -0.650. The van der Waals surface area contributed by atoms with Crippen molar-refractivity contribution in [2.75, 3.05) is 39.8 Å². The number of rotatable bonds is 8. The number of aliphatic hydroxyl groups excluding tert-OH is 1. The molecule has 0 atom stereocenters. The summed E-state index contributed by atoms with van der Waals surface area (Å²) in [4.78, 5) is 13.5. The Balaban J connectivity index is 2.30. The predicted octanol–water partition coefficient (Wildman–Crippen LogP) is 0.585. The third-order valence-corrected chi connectivity index (χ3v) is 4.83. The van der Waals surface area contributed by atoms with Gasteiger partial charge in [-0.1, -0.05) is 13.8 Å². The monoisotopic (exact) mass is 285 g/mol. The Labute approximate surface area is 123 Å². The Morgan fingerprint density at radius 1 is 1.30 bits per heavy atom. The molecule has 0 radical (unpaired) electrons. The van der Waals surface area contributed by atoms with Crippen molar-refractivity contribution in [2.45, 2.75) is 45.6 Å². The summed E-state index contributed by atoms with van der Waals surface area (Å²) in [5, 5.41) is 15.9. The van der Waals surface area contributed by atoms with E-state index in [1.54, 1.807) is 7.05 Å². The van der Waals surface area contributed by atoms with Crippen molar-refractivity contribution in [3.05, 3.63) is 0 Å². The Bertz CT molecular complexity index is 277. The second-order valence-corrected chi connectivity index (χ2v) is 5.97. The number of hydrogen-bond donors (Lipinski definition) is 3. The number of piperidine rings is 1. The molecule has 0 spiro atoms. The maximum Gasteiger partial charge on any atom is 0.233 e. The summed E-state index contributed by atoms with van der Waals surface area (Å²) in [5.74, 6) is 0.0904. The van der Waals surface area contributed by atoms with Gasteiger partial charge in [-0.15, -0.1) is 0 Å². The first kappa shape index (κ1) is 17.4. The van der Waals surface area contributed by atoms with Crippen LogP contribution >= 0.6 is 0 Å². The molecule has 0 unspecified atom stereocenters. The zero-order valence-corrected chi connectivity index (χ0v) is 13.2. The van der Waals surface area contributed by atoms with Crippen LogP contribution in [0.3, 0.4) is 0 Å². The zero-order chi connectivity index (χ0) is 15.0. The lowest BCUT2D eigenvalue weighted by atomic mass is 9.83. The summed E-state index contributed by atoms with van der Waals surface area (Å²) in [6, 6.07) is 0.514. The SMILES string of the molecule is CCC(CC)(CO)CNC1CCN(CC(=O)NC)CC1. The standard InChI is InChI=1S/C15H31N3O2/c1-4-15(5-2,12-19)11-17-13-6-8-18(9-7-13)10-14(20)16-3/h13,17,19H,4-12H2,1-3H3,(H,16,20). The number of nitrogens with one attached hydrogen (secondary N) is 2. The number of carbonyl (C=O) groups excluding carboxylic acids is 1. The first-order valence-corrected chi connectivity index (χ1v) is 7.86. The lowest BCUT2D eigenvalue weighted by Gasteiger charge is -2.36. The van der Waals surface area contributed by atoms with Gasteiger partial charge in [-0.3, -0.25) is 9.69 Å². The first-order chi connectivity index (χ1) is 9.59. The van der Waals surface area contributed by atoms with Crippen LogP contribution in [0.25, 0.3) is 0 Å². The van der Waals surface area contributed by atoms with Crippen LogP contribution in [0, 0.1) is 5.41 Å². The fourth-order valence-corrected chi connectivity index (χ4v) is 2.72. The van der Waals surface area contributed by atoms with Gasteiger partial charge in [0.2, 0.25) is 5.91 Å². The lowest BCUT2D eigenvalue weighted by molar-refractivity contribution is -0.122. The summed E-state index contributed by atoms with van der Waals surface area (Å²) in [5.41, 5.74) is 0.0270. The van der Waals surface area contributed by atoms with Crippen molar-refractivity contribution in [2.24, 2.45) is 5.41 Å². The van der Waals surface area contributed by atoms with Gasteiger partial charge in [-0.25, -0.2) is 0 Å². The van der Waals surface area contributed by atoms with E-state index in [-0.39, 0.29) is 17.9 Å². The van der Waals surface area contributed by atoms with Crippen LogP contribution in [0.2, 0.25) is 0 Å². The second kappa shape index (κ2) is 8.60. The average Bonchev–Trinajstić information content (AvgIpc) is 2.50. The highest BCUT2D eigenvalue weighted by Gasteiger charge is 2.27. The van der Waals surface area contributed by atoms with E-state index >= 15 is 0 Å². The Morgan fingerprint density at radius 2 is 1.90 bits per heavy atom. The van der Waals surface area contributed by atoms with Gasteiger partial charge in [0, 0.05) is 44.7 Å². The molecular weight excluding hydrogens is 254 g/mol. The van der Waals surface area contributed by atoms with Gasteiger partial charge in [-0.2, -0.15) is 0 Å². The summed E-state index contributed by atoms with van der Waals surface area (Å²) >= 11 is 0. The smallest absolute Gasteiger partial charge is 0.233 e.